The summed E-state index contributed by atoms with van der Waals surface area (Å²) in [6, 6.07) is 0. The van der Waals surface area contributed by atoms with E-state index in [1.54, 1.807) is 0 Å². The van der Waals surface area contributed by atoms with Gasteiger partial charge in [0.05, 0.1) is 19.3 Å². The number of hydrogen-bond acceptors (Lipinski definition) is 3. The van der Waals surface area contributed by atoms with E-state index < -0.39 is 8.32 Å². The second kappa shape index (κ2) is 5.30. The standard InChI is InChI=1S/C18H34O3Si/c1-16(2,3)22(5,6)21-15-8-7-14-13-18(19-11-12-20-18)10-9-17(14,15)4/h14-15H,7-13H2,1-6H3/t14?,15-,17-/m0/s1. The van der Waals surface area contributed by atoms with Gasteiger partial charge in [0.25, 0.3) is 0 Å². The van der Waals surface area contributed by atoms with Crippen LogP contribution < -0.4 is 0 Å². The highest BCUT2D eigenvalue weighted by molar-refractivity contribution is 6.74. The average Bonchev–Trinajstić information content (AvgIpc) is 2.96. The van der Waals surface area contributed by atoms with Gasteiger partial charge in [-0.2, -0.15) is 0 Å². The highest BCUT2D eigenvalue weighted by Crippen LogP contribution is 2.58. The Morgan fingerprint density at radius 3 is 2.27 bits per heavy atom. The van der Waals surface area contributed by atoms with E-state index in [0.29, 0.717) is 17.4 Å². The van der Waals surface area contributed by atoms with Gasteiger partial charge in [-0.15, -0.1) is 0 Å². The van der Waals surface area contributed by atoms with E-state index >= 15 is 0 Å². The molecular formula is C18H34O3Si. The summed E-state index contributed by atoms with van der Waals surface area (Å²) in [5.41, 5.74) is 0.316. The zero-order chi connectivity index (χ0) is 16.2. The van der Waals surface area contributed by atoms with Crippen molar-refractivity contribution in [2.45, 2.75) is 89.8 Å². The molecule has 0 bridgehead atoms. The first-order valence-corrected chi connectivity index (χ1v) is 11.9. The topological polar surface area (TPSA) is 27.7 Å². The summed E-state index contributed by atoms with van der Waals surface area (Å²) in [5.74, 6) is 0.435. The lowest BCUT2D eigenvalue weighted by molar-refractivity contribution is -0.207. The molecule has 0 aromatic rings. The molecule has 22 heavy (non-hydrogen) atoms. The molecule has 2 saturated carbocycles. The number of ether oxygens (including phenoxy) is 2. The van der Waals surface area contributed by atoms with E-state index in [4.69, 9.17) is 13.9 Å². The van der Waals surface area contributed by atoms with Crippen LogP contribution >= 0.6 is 0 Å². The van der Waals surface area contributed by atoms with Gasteiger partial charge in [0.2, 0.25) is 0 Å². The molecule has 3 fully saturated rings. The van der Waals surface area contributed by atoms with E-state index in [9.17, 15) is 0 Å². The van der Waals surface area contributed by atoms with E-state index in [0.717, 1.165) is 26.1 Å². The molecule has 3 rings (SSSR count). The van der Waals surface area contributed by atoms with Crippen LogP contribution in [0.15, 0.2) is 0 Å². The minimum atomic E-state index is -1.70. The first kappa shape index (κ1) is 16.9. The SMILES string of the molecule is CC(C)(C)[Si](C)(C)O[C@H]1CCC2CC3(CC[C@@]21C)OCCO3. The van der Waals surface area contributed by atoms with Gasteiger partial charge in [0.1, 0.15) is 0 Å². The average molecular weight is 327 g/mol. The Morgan fingerprint density at radius 2 is 1.68 bits per heavy atom. The Kier molecular flexibility index (Phi) is 4.08. The first-order valence-electron chi connectivity index (χ1n) is 9.04. The maximum absolute atomic E-state index is 6.84. The molecule has 0 aromatic heterocycles. The third-order valence-electron chi connectivity index (χ3n) is 7.10. The molecule has 1 aliphatic heterocycles. The van der Waals surface area contributed by atoms with Crippen molar-refractivity contribution in [3.63, 3.8) is 0 Å². The zero-order valence-corrected chi connectivity index (χ0v) is 16.3. The number of hydrogen-bond donors (Lipinski definition) is 0. The van der Waals surface area contributed by atoms with Crippen molar-refractivity contribution in [3.8, 4) is 0 Å². The highest BCUT2D eigenvalue weighted by atomic mass is 28.4. The Hall–Kier alpha value is 0.0969. The Bertz CT molecular complexity index is 423. The quantitative estimate of drug-likeness (QED) is 0.687. The first-order chi connectivity index (χ1) is 10.1. The Balaban J connectivity index is 1.72. The largest absolute Gasteiger partial charge is 0.413 e. The van der Waals surface area contributed by atoms with Gasteiger partial charge < -0.3 is 13.9 Å². The fraction of sp³-hybridized carbons (Fsp3) is 1.00. The molecule has 1 spiro atoms. The van der Waals surface area contributed by atoms with Gasteiger partial charge in [-0.25, -0.2) is 0 Å². The molecule has 1 saturated heterocycles. The van der Waals surface area contributed by atoms with Crippen molar-refractivity contribution >= 4 is 8.32 Å². The minimum absolute atomic E-state index is 0.254. The van der Waals surface area contributed by atoms with Gasteiger partial charge in [0, 0.05) is 12.8 Å². The van der Waals surface area contributed by atoms with Gasteiger partial charge in [-0.3, -0.25) is 0 Å². The van der Waals surface area contributed by atoms with Crippen LogP contribution in [0.2, 0.25) is 18.1 Å². The maximum atomic E-state index is 6.84. The van der Waals surface area contributed by atoms with E-state index in [-0.39, 0.29) is 10.8 Å². The van der Waals surface area contributed by atoms with Crippen LogP contribution in [0.1, 0.15) is 59.8 Å². The zero-order valence-electron chi connectivity index (χ0n) is 15.3. The van der Waals surface area contributed by atoms with Gasteiger partial charge in [0.15, 0.2) is 14.1 Å². The summed E-state index contributed by atoms with van der Waals surface area (Å²) in [5, 5.41) is 0.287. The Labute approximate surface area is 137 Å². The summed E-state index contributed by atoms with van der Waals surface area (Å²) < 4.78 is 18.8. The summed E-state index contributed by atoms with van der Waals surface area (Å²) in [7, 11) is -1.70. The third-order valence-corrected chi connectivity index (χ3v) is 11.6. The van der Waals surface area contributed by atoms with Gasteiger partial charge in [-0.1, -0.05) is 27.7 Å². The van der Waals surface area contributed by atoms with Crippen molar-refractivity contribution in [3.05, 3.63) is 0 Å². The van der Waals surface area contributed by atoms with Crippen molar-refractivity contribution in [1.82, 2.24) is 0 Å². The summed E-state index contributed by atoms with van der Waals surface area (Å²) in [6.45, 7) is 15.8. The van der Waals surface area contributed by atoms with Gasteiger partial charge >= 0.3 is 0 Å². The highest BCUT2D eigenvalue weighted by Gasteiger charge is 2.57. The summed E-state index contributed by atoms with van der Waals surface area (Å²) in [4.78, 5) is 0. The number of rotatable bonds is 2. The molecule has 0 amide bonds. The molecule has 3 aliphatic rings. The lowest BCUT2D eigenvalue weighted by atomic mass is 9.66. The third kappa shape index (κ3) is 2.70. The molecule has 3 nitrogen and oxygen atoms in total. The smallest absolute Gasteiger partial charge is 0.192 e. The van der Waals surface area contributed by atoms with Crippen LogP contribution in [0.3, 0.4) is 0 Å². The fourth-order valence-electron chi connectivity index (χ4n) is 4.40. The van der Waals surface area contributed by atoms with Crippen LogP contribution in [0, 0.1) is 11.3 Å². The maximum Gasteiger partial charge on any atom is 0.192 e. The molecule has 0 aromatic carbocycles. The minimum Gasteiger partial charge on any atom is -0.413 e. The van der Waals surface area contributed by atoms with Crippen LogP contribution in [-0.2, 0) is 13.9 Å². The summed E-state index contributed by atoms with van der Waals surface area (Å²) >= 11 is 0. The van der Waals surface area contributed by atoms with Crippen molar-refractivity contribution in [1.29, 1.82) is 0 Å². The van der Waals surface area contributed by atoms with Crippen LogP contribution in [0.25, 0.3) is 0 Å². The molecule has 2 aliphatic carbocycles. The normalized spacial score (nSPS) is 38.5. The number of fused-ring (bicyclic) bond motifs is 1. The predicted octanol–water partition coefficient (Wildman–Crippen LogP) is 4.72. The van der Waals surface area contributed by atoms with Gasteiger partial charge in [-0.05, 0) is 48.7 Å². The van der Waals surface area contributed by atoms with E-state index in [1.165, 1.54) is 19.3 Å². The molecular weight excluding hydrogens is 292 g/mol. The molecule has 1 unspecified atom stereocenters. The van der Waals surface area contributed by atoms with Crippen molar-refractivity contribution in [2.75, 3.05) is 13.2 Å². The molecule has 3 atom stereocenters. The van der Waals surface area contributed by atoms with Crippen LogP contribution in [0.5, 0.6) is 0 Å². The molecule has 128 valence electrons. The van der Waals surface area contributed by atoms with E-state index in [2.05, 4.69) is 40.8 Å². The molecule has 0 N–H and O–H groups in total. The summed E-state index contributed by atoms with van der Waals surface area (Å²) in [6.07, 6.45) is 6.19. The van der Waals surface area contributed by atoms with Crippen LogP contribution in [-0.4, -0.2) is 33.4 Å². The van der Waals surface area contributed by atoms with Crippen LogP contribution in [0.4, 0.5) is 0 Å². The lowest BCUT2D eigenvalue weighted by Crippen LogP contribution is -2.51. The lowest BCUT2D eigenvalue weighted by Gasteiger charge is -2.49. The Morgan fingerprint density at radius 1 is 1.05 bits per heavy atom. The monoisotopic (exact) mass is 326 g/mol. The second-order valence-corrected chi connectivity index (χ2v) is 14.2. The molecule has 4 heteroatoms. The van der Waals surface area contributed by atoms with Crippen molar-refractivity contribution < 1.29 is 13.9 Å². The molecule has 1 heterocycles. The predicted molar refractivity (Wildman–Crippen MR) is 91.4 cm³/mol. The van der Waals surface area contributed by atoms with Crippen molar-refractivity contribution in [2.24, 2.45) is 11.3 Å². The second-order valence-electron chi connectivity index (χ2n) is 9.46. The molecule has 0 radical (unpaired) electrons. The fourth-order valence-corrected chi connectivity index (χ4v) is 5.85. The van der Waals surface area contributed by atoms with E-state index in [1.807, 2.05) is 0 Å².